The molecule has 0 spiro atoms. The topological polar surface area (TPSA) is 41.8 Å². The van der Waals surface area contributed by atoms with E-state index in [9.17, 15) is 0 Å². The van der Waals surface area contributed by atoms with Crippen molar-refractivity contribution in [3.63, 3.8) is 0 Å². The van der Waals surface area contributed by atoms with Crippen molar-refractivity contribution in [2.24, 2.45) is 5.73 Å². The van der Waals surface area contributed by atoms with Crippen LogP contribution in [0.4, 0.5) is 0 Å². The first-order valence-corrected chi connectivity index (χ1v) is 6.21. The van der Waals surface area contributed by atoms with Crippen molar-refractivity contribution < 1.29 is 0 Å². The van der Waals surface area contributed by atoms with Gasteiger partial charge in [0.15, 0.2) is 0 Å². The van der Waals surface area contributed by atoms with E-state index in [4.69, 9.17) is 5.73 Å². The van der Waals surface area contributed by atoms with E-state index in [0.717, 1.165) is 5.56 Å². The van der Waals surface area contributed by atoms with Crippen LogP contribution in [-0.2, 0) is 12.8 Å². The van der Waals surface area contributed by atoms with Crippen LogP contribution in [0.5, 0.6) is 0 Å². The predicted molar refractivity (Wildman–Crippen MR) is 70.9 cm³/mol. The van der Waals surface area contributed by atoms with Crippen LogP contribution in [0.3, 0.4) is 0 Å². The van der Waals surface area contributed by atoms with Gasteiger partial charge < -0.3 is 10.7 Å². The highest BCUT2D eigenvalue weighted by Crippen LogP contribution is 2.29. The van der Waals surface area contributed by atoms with E-state index in [0.29, 0.717) is 6.54 Å². The molecule has 1 aromatic heterocycles. The molecule has 3 N–H and O–H groups in total. The molecule has 0 unspecified atom stereocenters. The van der Waals surface area contributed by atoms with E-state index in [-0.39, 0.29) is 0 Å². The van der Waals surface area contributed by atoms with Gasteiger partial charge in [-0.05, 0) is 49.4 Å². The third-order valence-corrected chi connectivity index (χ3v) is 3.43. The number of aromatic nitrogens is 1. The fourth-order valence-corrected chi connectivity index (χ4v) is 2.64. The van der Waals surface area contributed by atoms with Gasteiger partial charge in [-0.3, -0.25) is 0 Å². The molecular weight excluding hydrogens is 208 g/mol. The van der Waals surface area contributed by atoms with Crippen molar-refractivity contribution in [3.05, 3.63) is 35.0 Å². The van der Waals surface area contributed by atoms with Gasteiger partial charge in [0.1, 0.15) is 0 Å². The molecule has 86 valence electrons. The molecule has 17 heavy (non-hydrogen) atoms. The number of aryl methyl sites for hydroxylation is 2. The molecule has 0 saturated heterocycles. The van der Waals surface area contributed by atoms with Crippen molar-refractivity contribution in [2.45, 2.75) is 25.7 Å². The van der Waals surface area contributed by atoms with Crippen LogP contribution in [-0.4, -0.2) is 11.5 Å². The van der Waals surface area contributed by atoms with Gasteiger partial charge >= 0.3 is 0 Å². The second-order valence-corrected chi connectivity index (χ2v) is 4.56. The van der Waals surface area contributed by atoms with Gasteiger partial charge in [-0.15, -0.1) is 0 Å². The van der Waals surface area contributed by atoms with E-state index in [2.05, 4.69) is 35.0 Å². The zero-order valence-electron chi connectivity index (χ0n) is 9.84. The average molecular weight is 224 g/mol. The van der Waals surface area contributed by atoms with Crippen LogP contribution in [0, 0.1) is 11.8 Å². The lowest BCUT2D eigenvalue weighted by atomic mass is 9.95. The van der Waals surface area contributed by atoms with Gasteiger partial charge in [-0.2, -0.15) is 0 Å². The number of rotatable bonds is 0. The molecular formula is C15H16N2. The average Bonchev–Trinajstić information content (AvgIpc) is 2.74. The van der Waals surface area contributed by atoms with Crippen LogP contribution in [0.2, 0.25) is 0 Å². The molecule has 2 nitrogen and oxygen atoms in total. The van der Waals surface area contributed by atoms with Crippen LogP contribution in [0.1, 0.15) is 29.7 Å². The van der Waals surface area contributed by atoms with Crippen molar-refractivity contribution >= 4 is 10.9 Å². The molecule has 0 bridgehead atoms. The lowest BCUT2D eigenvalue weighted by Crippen LogP contribution is -1.99. The second kappa shape index (κ2) is 4.27. The third-order valence-electron chi connectivity index (χ3n) is 3.43. The molecule has 3 rings (SSSR count). The van der Waals surface area contributed by atoms with E-state index < -0.39 is 0 Å². The van der Waals surface area contributed by atoms with Crippen molar-refractivity contribution in [2.75, 3.05) is 6.54 Å². The van der Waals surface area contributed by atoms with Crippen LogP contribution < -0.4 is 5.73 Å². The number of fused-ring (bicyclic) bond motifs is 3. The Morgan fingerprint density at radius 3 is 3.00 bits per heavy atom. The third kappa shape index (κ3) is 1.83. The summed E-state index contributed by atoms with van der Waals surface area (Å²) in [6.07, 6.45) is 5.00. The number of benzene rings is 1. The van der Waals surface area contributed by atoms with E-state index in [1.807, 2.05) is 0 Å². The molecule has 1 heterocycles. The predicted octanol–water partition coefficient (Wildman–Crippen LogP) is 2.36. The number of nitrogens with one attached hydrogen (secondary N) is 1. The molecule has 0 amide bonds. The maximum absolute atomic E-state index is 5.40. The Morgan fingerprint density at radius 1 is 1.24 bits per heavy atom. The quantitative estimate of drug-likeness (QED) is 0.663. The zero-order chi connectivity index (χ0) is 11.7. The highest BCUT2D eigenvalue weighted by Gasteiger charge is 2.14. The van der Waals surface area contributed by atoms with Gasteiger partial charge in [0.2, 0.25) is 0 Å². The minimum absolute atomic E-state index is 0.420. The molecule has 0 atom stereocenters. The molecule has 2 aromatic rings. The Morgan fingerprint density at radius 2 is 2.12 bits per heavy atom. The Kier molecular flexibility index (Phi) is 2.62. The molecule has 0 fully saturated rings. The van der Waals surface area contributed by atoms with E-state index in [1.165, 1.54) is 47.8 Å². The van der Waals surface area contributed by atoms with Crippen LogP contribution >= 0.6 is 0 Å². The summed E-state index contributed by atoms with van der Waals surface area (Å²) < 4.78 is 0. The minimum Gasteiger partial charge on any atom is -0.358 e. The lowest BCUT2D eigenvalue weighted by Gasteiger charge is -2.10. The summed E-state index contributed by atoms with van der Waals surface area (Å²) in [4.78, 5) is 3.53. The first kappa shape index (κ1) is 10.4. The molecule has 1 aliphatic carbocycles. The van der Waals surface area contributed by atoms with E-state index >= 15 is 0 Å². The van der Waals surface area contributed by atoms with E-state index in [1.54, 1.807) is 0 Å². The Hall–Kier alpha value is -1.72. The SMILES string of the molecule is NCC#Cc1ccc2[nH]c3c(c2c1)CCCC3. The standard InChI is InChI=1S/C15H16N2/c16-9-3-4-11-7-8-15-13(10-11)12-5-1-2-6-14(12)17-15/h7-8,10,17H,1-2,5-6,9,16H2. The summed E-state index contributed by atoms with van der Waals surface area (Å²) in [6, 6.07) is 6.39. The number of aromatic amines is 1. The normalized spacial score (nSPS) is 14.2. The fourth-order valence-electron chi connectivity index (χ4n) is 2.64. The molecule has 1 aromatic carbocycles. The van der Waals surface area contributed by atoms with Gasteiger partial charge in [0.25, 0.3) is 0 Å². The minimum atomic E-state index is 0.420. The van der Waals surface area contributed by atoms with Crippen molar-refractivity contribution in [3.8, 4) is 11.8 Å². The largest absolute Gasteiger partial charge is 0.358 e. The summed E-state index contributed by atoms with van der Waals surface area (Å²) in [7, 11) is 0. The van der Waals surface area contributed by atoms with Crippen LogP contribution in [0.25, 0.3) is 10.9 Å². The second-order valence-electron chi connectivity index (χ2n) is 4.56. The lowest BCUT2D eigenvalue weighted by molar-refractivity contribution is 0.680. The maximum atomic E-state index is 5.40. The number of hydrogen-bond donors (Lipinski definition) is 2. The van der Waals surface area contributed by atoms with Gasteiger partial charge in [-0.25, -0.2) is 0 Å². The fraction of sp³-hybridized carbons (Fsp3) is 0.333. The first-order valence-electron chi connectivity index (χ1n) is 6.21. The summed E-state index contributed by atoms with van der Waals surface area (Å²) in [5, 5.41) is 1.35. The Bertz CT molecular complexity index is 611. The molecule has 0 saturated carbocycles. The van der Waals surface area contributed by atoms with Crippen LogP contribution in [0.15, 0.2) is 18.2 Å². The van der Waals surface area contributed by atoms with Gasteiger partial charge in [0.05, 0.1) is 6.54 Å². The molecule has 0 radical (unpaired) electrons. The van der Waals surface area contributed by atoms with Gasteiger partial charge in [0, 0.05) is 22.2 Å². The first-order chi connectivity index (χ1) is 8.38. The number of H-pyrrole nitrogens is 1. The summed E-state index contributed by atoms with van der Waals surface area (Å²) in [5.41, 5.74) is 10.6. The summed E-state index contributed by atoms with van der Waals surface area (Å²) in [6.45, 7) is 0.420. The summed E-state index contributed by atoms with van der Waals surface area (Å²) >= 11 is 0. The van der Waals surface area contributed by atoms with Crippen molar-refractivity contribution in [1.82, 2.24) is 4.98 Å². The highest BCUT2D eigenvalue weighted by atomic mass is 14.7. The highest BCUT2D eigenvalue weighted by molar-refractivity contribution is 5.86. The van der Waals surface area contributed by atoms with Crippen molar-refractivity contribution in [1.29, 1.82) is 0 Å². The Labute approximate surface area is 101 Å². The Balaban J connectivity index is 2.14. The molecule has 1 aliphatic rings. The smallest absolute Gasteiger partial charge is 0.0555 e. The maximum Gasteiger partial charge on any atom is 0.0555 e. The molecule has 2 heteroatoms. The zero-order valence-corrected chi connectivity index (χ0v) is 9.84. The van der Waals surface area contributed by atoms with Gasteiger partial charge in [-0.1, -0.05) is 11.8 Å². The monoisotopic (exact) mass is 224 g/mol. The number of hydrogen-bond acceptors (Lipinski definition) is 1. The molecule has 0 aliphatic heterocycles. The summed E-state index contributed by atoms with van der Waals surface area (Å²) in [5.74, 6) is 6.01. The number of nitrogens with two attached hydrogens (primary N) is 1.